The van der Waals surface area contributed by atoms with Gasteiger partial charge in [-0.15, -0.1) is 0 Å². The lowest BCUT2D eigenvalue weighted by Gasteiger charge is -2.21. The zero-order valence-electron chi connectivity index (χ0n) is 14.5. The maximum absolute atomic E-state index is 12.7. The molecule has 25 heavy (non-hydrogen) atoms. The maximum Gasteiger partial charge on any atom is 0.282 e. The SMILES string of the molecule is C[C@H](C(=O)Nc1ccccc1-c1ccccc1)[NH+](C)Cc1ccco1. The quantitative estimate of drug-likeness (QED) is 0.727. The molecular weight excluding hydrogens is 312 g/mol. The van der Waals surface area contributed by atoms with E-state index >= 15 is 0 Å². The topological polar surface area (TPSA) is 46.7 Å². The average Bonchev–Trinajstić information content (AvgIpc) is 3.15. The summed E-state index contributed by atoms with van der Waals surface area (Å²) in [6, 6.07) is 21.5. The van der Waals surface area contributed by atoms with Crippen LogP contribution in [0.5, 0.6) is 0 Å². The van der Waals surface area contributed by atoms with E-state index < -0.39 is 0 Å². The number of para-hydroxylation sites is 1. The molecule has 4 heteroatoms. The highest BCUT2D eigenvalue weighted by Gasteiger charge is 2.23. The summed E-state index contributed by atoms with van der Waals surface area (Å²) in [5.74, 6) is 0.870. The summed E-state index contributed by atoms with van der Waals surface area (Å²) in [5, 5.41) is 3.08. The number of furan rings is 1. The lowest BCUT2D eigenvalue weighted by atomic mass is 10.0. The molecular formula is C21H23N2O2+. The smallest absolute Gasteiger partial charge is 0.282 e. The Kier molecular flexibility index (Phi) is 5.31. The van der Waals surface area contributed by atoms with Crippen LogP contribution in [0.2, 0.25) is 0 Å². The molecule has 3 aromatic rings. The lowest BCUT2D eigenvalue weighted by molar-refractivity contribution is -0.908. The van der Waals surface area contributed by atoms with Crippen molar-refractivity contribution >= 4 is 11.6 Å². The predicted octanol–water partition coefficient (Wildman–Crippen LogP) is 2.99. The number of hydrogen-bond donors (Lipinski definition) is 2. The molecule has 128 valence electrons. The number of benzene rings is 2. The second kappa shape index (κ2) is 7.81. The van der Waals surface area contributed by atoms with Crippen LogP contribution in [0.1, 0.15) is 12.7 Å². The molecule has 4 nitrogen and oxygen atoms in total. The standard InChI is InChI=1S/C21H22N2O2/c1-16(23(2)15-18-11-8-14-25-18)21(24)22-20-13-7-6-12-19(20)17-9-4-3-5-10-17/h3-14,16H,15H2,1-2H3,(H,22,24)/p+1/t16-/m1/s1. The largest absolute Gasteiger partial charge is 0.463 e. The molecule has 2 N–H and O–H groups in total. The molecule has 0 radical (unpaired) electrons. The van der Waals surface area contributed by atoms with Crippen LogP contribution in [0.15, 0.2) is 77.4 Å². The van der Waals surface area contributed by atoms with E-state index in [-0.39, 0.29) is 11.9 Å². The van der Waals surface area contributed by atoms with E-state index in [2.05, 4.69) is 5.32 Å². The molecule has 0 aliphatic rings. The molecule has 0 aliphatic carbocycles. The second-order valence-electron chi connectivity index (χ2n) is 6.23. The van der Waals surface area contributed by atoms with Gasteiger partial charge in [-0.2, -0.15) is 0 Å². The highest BCUT2D eigenvalue weighted by Crippen LogP contribution is 2.27. The first-order valence-electron chi connectivity index (χ1n) is 8.45. The van der Waals surface area contributed by atoms with Crippen molar-refractivity contribution in [2.24, 2.45) is 0 Å². The van der Waals surface area contributed by atoms with E-state index in [4.69, 9.17) is 4.42 Å². The number of rotatable bonds is 6. The van der Waals surface area contributed by atoms with Crippen LogP contribution in [-0.2, 0) is 11.3 Å². The van der Waals surface area contributed by atoms with Gasteiger partial charge in [-0.1, -0.05) is 48.5 Å². The number of amides is 1. The molecule has 1 aromatic heterocycles. The third kappa shape index (κ3) is 4.17. The molecule has 0 bridgehead atoms. The van der Waals surface area contributed by atoms with Crippen LogP contribution in [0.3, 0.4) is 0 Å². The van der Waals surface area contributed by atoms with Gasteiger partial charge in [0.15, 0.2) is 11.8 Å². The minimum Gasteiger partial charge on any atom is -0.463 e. The Morgan fingerprint density at radius 3 is 2.48 bits per heavy atom. The summed E-state index contributed by atoms with van der Waals surface area (Å²) in [6.45, 7) is 2.60. The van der Waals surface area contributed by atoms with Gasteiger partial charge in [0.1, 0.15) is 6.54 Å². The fourth-order valence-corrected chi connectivity index (χ4v) is 2.77. The maximum atomic E-state index is 12.7. The molecule has 2 atom stereocenters. The fraction of sp³-hybridized carbons (Fsp3) is 0.190. The van der Waals surface area contributed by atoms with E-state index in [0.717, 1.165) is 27.5 Å². The van der Waals surface area contributed by atoms with Crippen LogP contribution >= 0.6 is 0 Å². The molecule has 0 saturated heterocycles. The molecule has 1 amide bonds. The van der Waals surface area contributed by atoms with Crippen molar-refractivity contribution in [1.82, 2.24) is 0 Å². The van der Waals surface area contributed by atoms with Crippen molar-refractivity contribution < 1.29 is 14.1 Å². The first-order valence-corrected chi connectivity index (χ1v) is 8.45. The van der Waals surface area contributed by atoms with E-state index in [1.807, 2.05) is 80.7 Å². The summed E-state index contributed by atoms with van der Waals surface area (Å²) < 4.78 is 5.38. The minimum atomic E-state index is -0.200. The van der Waals surface area contributed by atoms with Gasteiger partial charge >= 0.3 is 0 Å². The number of nitrogens with one attached hydrogen (secondary N) is 2. The van der Waals surface area contributed by atoms with Crippen LogP contribution in [0, 0.1) is 0 Å². The van der Waals surface area contributed by atoms with Gasteiger partial charge in [0.25, 0.3) is 5.91 Å². The lowest BCUT2D eigenvalue weighted by Crippen LogP contribution is -3.12. The Bertz CT molecular complexity index is 813. The van der Waals surface area contributed by atoms with E-state index in [1.54, 1.807) is 6.26 Å². The highest BCUT2D eigenvalue weighted by molar-refractivity contribution is 5.97. The van der Waals surface area contributed by atoms with Crippen molar-refractivity contribution in [3.8, 4) is 11.1 Å². The summed E-state index contributed by atoms with van der Waals surface area (Å²) >= 11 is 0. The number of hydrogen-bond acceptors (Lipinski definition) is 2. The molecule has 0 fully saturated rings. The monoisotopic (exact) mass is 335 g/mol. The van der Waals surface area contributed by atoms with Crippen molar-refractivity contribution in [3.63, 3.8) is 0 Å². The van der Waals surface area contributed by atoms with Crippen molar-refractivity contribution in [1.29, 1.82) is 0 Å². The number of carbonyl (C=O) groups is 1. The highest BCUT2D eigenvalue weighted by atomic mass is 16.3. The number of likely N-dealkylation sites (N-methyl/N-ethyl adjacent to an activating group) is 1. The van der Waals surface area contributed by atoms with Crippen LogP contribution in [0.4, 0.5) is 5.69 Å². The molecule has 3 rings (SSSR count). The summed E-state index contributed by atoms with van der Waals surface area (Å²) in [5.41, 5.74) is 2.94. The predicted molar refractivity (Wildman–Crippen MR) is 99.3 cm³/mol. The van der Waals surface area contributed by atoms with E-state index in [0.29, 0.717) is 6.54 Å². The summed E-state index contributed by atoms with van der Waals surface area (Å²) in [4.78, 5) is 13.8. The van der Waals surface area contributed by atoms with E-state index in [1.165, 1.54) is 0 Å². The van der Waals surface area contributed by atoms with Gasteiger partial charge in [0.05, 0.1) is 13.3 Å². The second-order valence-corrected chi connectivity index (χ2v) is 6.23. The first-order chi connectivity index (χ1) is 12.1. The molecule has 1 unspecified atom stereocenters. The fourth-order valence-electron chi connectivity index (χ4n) is 2.77. The normalized spacial score (nSPS) is 13.2. The van der Waals surface area contributed by atoms with E-state index in [9.17, 15) is 4.79 Å². The van der Waals surface area contributed by atoms with Gasteiger partial charge in [-0.05, 0) is 30.7 Å². The van der Waals surface area contributed by atoms with Gasteiger partial charge in [0.2, 0.25) is 0 Å². The van der Waals surface area contributed by atoms with Gasteiger partial charge in [0, 0.05) is 11.3 Å². The molecule has 2 aromatic carbocycles. The van der Waals surface area contributed by atoms with Gasteiger partial charge < -0.3 is 14.6 Å². The molecule has 0 spiro atoms. The Hall–Kier alpha value is -2.85. The number of carbonyl (C=O) groups excluding carboxylic acids is 1. The van der Waals surface area contributed by atoms with Crippen LogP contribution in [0.25, 0.3) is 11.1 Å². The van der Waals surface area contributed by atoms with Crippen molar-refractivity contribution in [2.75, 3.05) is 12.4 Å². The van der Waals surface area contributed by atoms with Crippen LogP contribution in [-0.4, -0.2) is 19.0 Å². The zero-order chi connectivity index (χ0) is 17.6. The molecule has 0 saturated carbocycles. The van der Waals surface area contributed by atoms with Gasteiger partial charge in [-0.3, -0.25) is 4.79 Å². The van der Waals surface area contributed by atoms with Crippen molar-refractivity contribution in [3.05, 3.63) is 78.8 Å². The Morgan fingerprint density at radius 1 is 1.04 bits per heavy atom. The first kappa shape index (κ1) is 17.0. The summed E-state index contributed by atoms with van der Waals surface area (Å²) in [7, 11) is 2.00. The number of quaternary nitrogens is 1. The third-order valence-electron chi connectivity index (χ3n) is 4.44. The summed E-state index contributed by atoms with van der Waals surface area (Å²) in [6.07, 6.45) is 1.66. The number of anilines is 1. The Morgan fingerprint density at radius 2 is 1.76 bits per heavy atom. The average molecular weight is 335 g/mol. The third-order valence-corrected chi connectivity index (χ3v) is 4.44. The van der Waals surface area contributed by atoms with Crippen molar-refractivity contribution in [2.45, 2.75) is 19.5 Å². The Labute approximate surface area is 148 Å². The zero-order valence-corrected chi connectivity index (χ0v) is 14.5. The van der Waals surface area contributed by atoms with Gasteiger partial charge in [-0.25, -0.2) is 0 Å². The minimum absolute atomic E-state index is 0.00700. The molecule has 0 aliphatic heterocycles. The Balaban J connectivity index is 1.73. The van der Waals surface area contributed by atoms with Crippen LogP contribution < -0.4 is 10.2 Å². The molecule has 1 heterocycles.